The Morgan fingerprint density at radius 3 is 2.57 bits per heavy atom. The van der Waals surface area contributed by atoms with Gasteiger partial charge in [0.25, 0.3) is 10.1 Å². The molecule has 0 saturated heterocycles. The normalized spacial score (nSPS) is 15.9. The van der Waals surface area contributed by atoms with Gasteiger partial charge in [0.05, 0.1) is 4.90 Å². The van der Waals surface area contributed by atoms with Crippen molar-refractivity contribution in [3.63, 3.8) is 0 Å². The second-order valence-corrected chi connectivity index (χ2v) is 8.40. The van der Waals surface area contributed by atoms with Gasteiger partial charge in [0, 0.05) is 24.0 Å². The van der Waals surface area contributed by atoms with Crippen LogP contribution in [0.3, 0.4) is 0 Å². The molecule has 1 aliphatic heterocycles. The van der Waals surface area contributed by atoms with Crippen molar-refractivity contribution < 1.29 is 22.1 Å². The minimum Gasteiger partial charge on any atom is -0.489 e. The maximum absolute atomic E-state index is 14.3. The third-order valence-electron chi connectivity index (χ3n) is 4.93. The molecule has 1 N–H and O–H groups in total. The third kappa shape index (κ3) is 3.53. The summed E-state index contributed by atoms with van der Waals surface area (Å²) in [6.45, 7) is 1.86. The van der Waals surface area contributed by atoms with Crippen LogP contribution in [0.4, 0.5) is 4.39 Å². The zero-order valence-corrected chi connectivity index (χ0v) is 16.0. The van der Waals surface area contributed by atoms with Crippen LogP contribution in [-0.4, -0.2) is 19.1 Å². The monoisotopic (exact) mass is 398 g/mol. The molecule has 1 heterocycles. The van der Waals surface area contributed by atoms with Crippen molar-refractivity contribution in [2.75, 3.05) is 0 Å². The predicted molar refractivity (Wildman–Crippen MR) is 105 cm³/mol. The average molecular weight is 398 g/mol. The lowest BCUT2D eigenvalue weighted by molar-refractivity contribution is 0.233. The molecule has 0 radical (unpaired) electrons. The molecule has 4 rings (SSSR count). The van der Waals surface area contributed by atoms with E-state index in [9.17, 15) is 17.4 Å². The highest BCUT2D eigenvalue weighted by Gasteiger charge is 2.28. The van der Waals surface area contributed by atoms with Gasteiger partial charge in [-0.15, -0.1) is 0 Å². The molecule has 0 spiro atoms. The zero-order valence-electron chi connectivity index (χ0n) is 15.2. The number of hydrogen-bond donors (Lipinski definition) is 1. The highest BCUT2D eigenvalue weighted by atomic mass is 32.2. The number of rotatable bonds is 4. The van der Waals surface area contributed by atoms with E-state index in [1.807, 2.05) is 25.1 Å². The summed E-state index contributed by atoms with van der Waals surface area (Å²) in [6, 6.07) is 16.9. The lowest BCUT2D eigenvalue weighted by atomic mass is 9.98. The number of benzene rings is 3. The first-order valence-electron chi connectivity index (χ1n) is 8.93. The maximum Gasteiger partial charge on any atom is 0.294 e. The van der Waals surface area contributed by atoms with E-state index in [1.54, 1.807) is 30.3 Å². The zero-order chi connectivity index (χ0) is 19.9. The third-order valence-corrected chi connectivity index (χ3v) is 5.89. The fourth-order valence-electron chi connectivity index (χ4n) is 3.71. The molecule has 0 aromatic heterocycles. The van der Waals surface area contributed by atoms with Gasteiger partial charge in [0.15, 0.2) is 0 Å². The Balaban J connectivity index is 1.67. The predicted octanol–water partition coefficient (Wildman–Crippen LogP) is 4.59. The molecule has 3 aromatic carbocycles. The number of halogens is 1. The van der Waals surface area contributed by atoms with E-state index in [1.165, 1.54) is 12.1 Å². The van der Waals surface area contributed by atoms with Gasteiger partial charge in [0.1, 0.15) is 17.7 Å². The van der Waals surface area contributed by atoms with Gasteiger partial charge in [-0.2, -0.15) is 8.42 Å². The molecule has 1 aliphatic rings. The summed E-state index contributed by atoms with van der Waals surface area (Å²) >= 11 is 0. The van der Waals surface area contributed by atoms with Crippen LogP contribution in [0.5, 0.6) is 5.75 Å². The lowest BCUT2D eigenvalue weighted by Crippen LogP contribution is -2.18. The first kappa shape index (κ1) is 18.7. The summed E-state index contributed by atoms with van der Waals surface area (Å²) < 4.78 is 53.3. The molecule has 28 heavy (non-hydrogen) atoms. The molecule has 0 fully saturated rings. The first-order valence-corrected chi connectivity index (χ1v) is 10.4. The van der Waals surface area contributed by atoms with Crippen LogP contribution in [0.15, 0.2) is 65.6 Å². The van der Waals surface area contributed by atoms with Gasteiger partial charge in [-0.05, 0) is 30.2 Å². The Morgan fingerprint density at radius 2 is 1.82 bits per heavy atom. The Hall–Kier alpha value is -2.70. The highest BCUT2D eigenvalue weighted by molar-refractivity contribution is 7.85. The topological polar surface area (TPSA) is 63.6 Å². The molecular weight excluding hydrogens is 379 g/mol. The molecule has 0 bridgehead atoms. The fraction of sp³-hybridized carbons (Fsp3) is 0.182. The highest BCUT2D eigenvalue weighted by Crippen LogP contribution is 2.40. The van der Waals surface area contributed by atoms with Gasteiger partial charge >= 0.3 is 0 Å². The minimum absolute atomic E-state index is 0.105. The lowest BCUT2D eigenvalue weighted by Gasteiger charge is -2.15. The molecule has 144 valence electrons. The molecule has 4 nitrogen and oxygen atoms in total. The van der Waals surface area contributed by atoms with Gasteiger partial charge < -0.3 is 4.74 Å². The number of ether oxygens (including phenoxy) is 1. The van der Waals surface area contributed by atoms with E-state index in [2.05, 4.69) is 0 Å². The van der Waals surface area contributed by atoms with Crippen LogP contribution in [0.2, 0.25) is 0 Å². The van der Waals surface area contributed by atoms with E-state index >= 15 is 0 Å². The Morgan fingerprint density at radius 1 is 1.07 bits per heavy atom. The van der Waals surface area contributed by atoms with Crippen molar-refractivity contribution in [1.82, 2.24) is 0 Å². The number of hydrogen-bond acceptors (Lipinski definition) is 3. The number of para-hydroxylation sites is 1. The quantitative estimate of drug-likeness (QED) is 0.653. The molecule has 0 aliphatic carbocycles. The molecule has 1 atom stereocenters. The average Bonchev–Trinajstić information content (AvgIpc) is 3.03. The van der Waals surface area contributed by atoms with Gasteiger partial charge in [0.2, 0.25) is 0 Å². The van der Waals surface area contributed by atoms with Crippen molar-refractivity contribution >= 4 is 10.1 Å². The summed E-state index contributed by atoms with van der Waals surface area (Å²) in [4.78, 5) is -0.105. The van der Waals surface area contributed by atoms with Crippen LogP contribution in [-0.2, 0) is 23.0 Å². The standard InChI is InChI=1S/C22H19FO4S/c1-14-9-10-21(28(24,25)26)16(11-14)13-17-12-15-5-4-7-19(22(15)27-17)18-6-2-3-8-20(18)23/h2-11,17H,12-13H2,1H3,(H,24,25,26). The number of fused-ring (bicyclic) bond motifs is 1. The molecule has 0 amide bonds. The molecule has 0 saturated carbocycles. The van der Waals surface area contributed by atoms with Crippen LogP contribution >= 0.6 is 0 Å². The van der Waals surface area contributed by atoms with Crippen molar-refractivity contribution in [2.45, 2.75) is 30.8 Å². The van der Waals surface area contributed by atoms with Crippen LogP contribution in [0.1, 0.15) is 16.7 Å². The summed E-state index contributed by atoms with van der Waals surface area (Å²) in [5, 5.41) is 0. The van der Waals surface area contributed by atoms with Gasteiger partial charge in [-0.1, -0.05) is 54.1 Å². The Bertz CT molecular complexity index is 1150. The first-order chi connectivity index (χ1) is 13.3. The van der Waals surface area contributed by atoms with Crippen LogP contribution < -0.4 is 4.74 Å². The fourth-order valence-corrected chi connectivity index (χ4v) is 4.42. The van der Waals surface area contributed by atoms with Crippen LogP contribution in [0.25, 0.3) is 11.1 Å². The van der Waals surface area contributed by atoms with Gasteiger partial charge in [-0.25, -0.2) is 4.39 Å². The Kier molecular flexibility index (Phi) is 4.69. The summed E-state index contributed by atoms with van der Waals surface area (Å²) in [5.74, 6) is 0.300. The molecule has 1 unspecified atom stereocenters. The Labute approximate surface area is 163 Å². The summed E-state index contributed by atoms with van der Waals surface area (Å²) in [6.07, 6.45) is 0.601. The van der Waals surface area contributed by atoms with E-state index in [0.717, 1.165) is 11.1 Å². The minimum atomic E-state index is -4.32. The van der Waals surface area contributed by atoms with E-state index in [4.69, 9.17) is 4.74 Å². The molecular formula is C22H19FO4S. The van der Waals surface area contributed by atoms with E-state index < -0.39 is 10.1 Å². The SMILES string of the molecule is Cc1ccc(S(=O)(=O)O)c(CC2Cc3cccc(-c4ccccc4F)c3O2)c1. The largest absolute Gasteiger partial charge is 0.489 e. The van der Waals surface area contributed by atoms with Crippen molar-refractivity contribution in [2.24, 2.45) is 0 Å². The van der Waals surface area contributed by atoms with E-state index in [-0.39, 0.29) is 16.8 Å². The summed E-state index contributed by atoms with van der Waals surface area (Å²) in [7, 11) is -4.32. The smallest absolute Gasteiger partial charge is 0.294 e. The van der Waals surface area contributed by atoms with Crippen LogP contribution in [0, 0.1) is 12.7 Å². The molecule has 3 aromatic rings. The van der Waals surface area contributed by atoms with Crippen molar-refractivity contribution in [3.05, 3.63) is 83.2 Å². The van der Waals surface area contributed by atoms with E-state index in [0.29, 0.717) is 35.3 Å². The summed E-state index contributed by atoms with van der Waals surface area (Å²) in [5.41, 5.74) is 3.50. The second-order valence-electron chi connectivity index (χ2n) is 7.01. The number of aryl methyl sites for hydroxylation is 1. The molecule has 6 heteroatoms. The van der Waals surface area contributed by atoms with Crippen molar-refractivity contribution in [3.8, 4) is 16.9 Å². The van der Waals surface area contributed by atoms with Crippen molar-refractivity contribution in [1.29, 1.82) is 0 Å². The maximum atomic E-state index is 14.3. The second kappa shape index (κ2) is 7.04. The van der Waals surface area contributed by atoms with Gasteiger partial charge in [-0.3, -0.25) is 4.55 Å².